The molecule has 2 aromatic carbocycles. The van der Waals surface area contributed by atoms with E-state index in [9.17, 15) is 9.18 Å². The van der Waals surface area contributed by atoms with Gasteiger partial charge in [0, 0.05) is 24.3 Å². The van der Waals surface area contributed by atoms with Crippen molar-refractivity contribution in [1.82, 2.24) is 4.98 Å². The van der Waals surface area contributed by atoms with Crippen molar-refractivity contribution >= 4 is 38.3 Å². The van der Waals surface area contributed by atoms with E-state index in [1.165, 1.54) is 23.5 Å². The van der Waals surface area contributed by atoms with Gasteiger partial charge >= 0.3 is 0 Å². The Morgan fingerprint density at radius 3 is 2.54 bits per heavy atom. The summed E-state index contributed by atoms with van der Waals surface area (Å²) in [6.07, 6.45) is 0. The SMILES string of the molecule is CCN(CC)c1ccc(C(=O)Nc2nc3ccc(F)cc3s2)cc1. The monoisotopic (exact) mass is 343 g/mol. The molecule has 24 heavy (non-hydrogen) atoms. The third-order valence-electron chi connectivity index (χ3n) is 3.83. The Morgan fingerprint density at radius 1 is 1.17 bits per heavy atom. The fourth-order valence-electron chi connectivity index (χ4n) is 2.53. The minimum absolute atomic E-state index is 0.222. The summed E-state index contributed by atoms with van der Waals surface area (Å²) in [6, 6.07) is 11.9. The zero-order chi connectivity index (χ0) is 17.1. The summed E-state index contributed by atoms with van der Waals surface area (Å²) in [5, 5.41) is 3.24. The maximum Gasteiger partial charge on any atom is 0.257 e. The Labute approximate surface area is 143 Å². The largest absolute Gasteiger partial charge is 0.372 e. The maximum absolute atomic E-state index is 13.2. The van der Waals surface area contributed by atoms with Crippen LogP contribution in [-0.4, -0.2) is 24.0 Å². The molecule has 3 rings (SSSR count). The molecule has 0 aliphatic heterocycles. The highest BCUT2D eigenvalue weighted by Gasteiger charge is 2.11. The highest BCUT2D eigenvalue weighted by molar-refractivity contribution is 7.22. The third-order valence-corrected chi connectivity index (χ3v) is 4.76. The minimum Gasteiger partial charge on any atom is -0.372 e. The number of halogens is 1. The summed E-state index contributed by atoms with van der Waals surface area (Å²) < 4.78 is 13.9. The number of fused-ring (bicyclic) bond motifs is 1. The number of hydrogen-bond donors (Lipinski definition) is 1. The maximum atomic E-state index is 13.2. The van der Waals surface area contributed by atoms with Crippen LogP contribution in [0.2, 0.25) is 0 Å². The molecule has 0 unspecified atom stereocenters. The predicted octanol–water partition coefficient (Wildman–Crippen LogP) is 4.53. The first-order valence-corrected chi connectivity index (χ1v) is 8.64. The second-order valence-corrected chi connectivity index (χ2v) is 6.34. The van der Waals surface area contributed by atoms with Gasteiger partial charge in [0.15, 0.2) is 5.13 Å². The van der Waals surface area contributed by atoms with E-state index in [1.54, 1.807) is 18.2 Å². The van der Waals surface area contributed by atoms with Crippen LogP contribution >= 0.6 is 11.3 Å². The van der Waals surface area contributed by atoms with E-state index in [1.807, 2.05) is 12.1 Å². The summed E-state index contributed by atoms with van der Waals surface area (Å²) >= 11 is 1.26. The predicted molar refractivity (Wildman–Crippen MR) is 97.5 cm³/mol. The molecule has 0 spiro atoms. The van der Waals surface area contributed by atoms with Crippen LogP contribution in [-0.2, 0) is 0 Å². The lowest BCUT2D eigenvalue weighted by molar-refractivity contribution is 0.102. The Hall–Kier alpha value is -2.47. The van der Waals surface area contributed by atoms with Gasteiger partial charge in [0.2, 0.25) is 0 Å². The summed E-state index contributed by atoms with van der Waals surface area (Å²) in [5.41, 5.74) is 2.33. The zero-order valence-electron chi connectivity index (χ0n) is 13.5. The summed E-state index contributed by atoms with van der Waals surface area (Å²) in [4.78, 5) is 18.9. The number of nitrogens with one attached hydrogen (secondary N) is 1. The number of amides is 1. The van der Waals surface area contributed by atoms with E-state index in [-0.39, 0.29) is 11.7 Å². The Balaban J connectivity index is 1.76. The van der Waals surface area contributed by atoms with Gasteiger partial charge in [0.05, 0.1) is 10.2 Å². The molecule has 0 saturated heterocycles. The first-order valence-electron chi connectivity index (χ1n) is 7.83. The molecule has 6 heteroatoms. The smallest absolute Gasteiger partial charge is 0.257 e. The lowest BCUT2D eigenvalue weighted by Crippen LogP contribution is -2.21. The van der Waals surface area contributed by atoms with Gasteiger partial charge in [0.1, 0.15) is 5.82 Å². The van der Waals surface area contributed by atoms with E-state index >= 15 is 0 Å². The van der Waals surface area contributed by atoms with Gasteiger partial charge < -0.3 is 4.90 Å². The number of anilines is 2. The van der Waals surface area contributed by atoms with Gasteiger partial charge in [0.25, 0.3) is 5.91 Å². The second kappa shape index (κ2) is 6.97. The molecule has 0 aliphatic rings. The van der Waals surface area contributed by atoms with Crippen molar-refractivity contribution in [2.75, 3.05) is 23.3 Å². The molecule has 124 valence electrons. The fourth-order valence-corrected chi connectivity index (χ4v) is 3.42. The van der Waals surface area contributed by atoms with Crippen LogP contribution < -0.4 is 10.2 Å². The van der Waals surface area contributed by atoms with Crippen LogP contribution in [0, 0.1) is 5.82 Å². The lowest BCUT2D eigenvalue weighted by atomic mass is 10.2. The zero-order valence-corrected chi connectivity index (χ0v) is 14.4. The van der Waals surface area contributed by atoms with E-state index in [4.69, 9.17) is 0 Å². The number of carbonyl (C=O) groups is 1. The molecular weight excluding hydrogens is 325 g/mol. The van der Waals surface area contributed by atoms with Crippen LogP contribution in [0.3, 0.4) is 0 Å². The molecule has 0 bridgehead atoms. The lowest BCUT2D eigenvalue weighted by Gasteiger charge is -2.20. The molecule has 1 amide bonds. The number of benzene rings is 2. The van der Waals surface area contributed by atoms with Gasteiger partial charge in [-0.05, 0) is 56.3 Å². The second-order valence-electron chi connectivity index (χ2n) is 5.30. The van der Waals surface area contributed by atoms with Gasteiger partial charge in [-0.3, -0.25) is 10.1 Å². The molecule has 0 radical (unpaired) electrons. The van der Waals surface area contributed by atoms with Gasteiger partial charge in [-0.1, -0.05) is 11.3 Å². The molecule has 0 saturated carbocycles. The number of rotatable bonds is 5. The molecule has 4 nitrogen and oxygen atoms in total. The van der Waals surface area contributed by atoms with E-state index in [0.717, 1.165) is 18.8 Å². The molecule has 1 heterocycles. The van der Waals surface area contributed by atoms with Gasteiger partial charge in [-0.2, -0.15) is 0 Å². The van der Waals surface area contributed by atoms with Crippen LogP contribution in [0.1, 0.15) is 24.2 Å². The van der Waals surface area contributed by atoms with Crippen molar-refractivity contribution in [2.45, 2.75) is 13.8 Å². The Morgan fingerprint density at radius 2 is 1.88 bits per heavy atom. The molecular formula is C18H18FN3OS. The van der Waals surface area contributed by atoms with Crippen molar-refractivity contribution in [3.05, 3.63) is 53.8 Å². The van der Waals surface area contributed by atoms with Crippen LogP contribution in [0.15, 0.2) is 42.5 Å². The normalized spacial score (nSPS) is 10.8. The van der Waals surface area contributed by atoms with Gasteiger partial charge in [-0.15, -0.1) is 0 Å². The first-order chi connectivity index (χ1) is 11.6. The topological polar surface area (TPSA) is 45.2 Å². The Bertz CT molecular complexity index is 856. The van der Waals surface area contributed by atoms with Crippen molar-refractivity contribution in [3.63, 3.8) is 0 Å². The first kappa shape index (κ1) is 16.4. The number of thiazole rings is 1. The number of aromatic nitrogens is 1. The van der Waals surface area contributed by atoms with Crippen molar-refractivity contribution in [3.8, 4) is 0 Å². The molecule has 1 N–H and O–H groups in total. The fraction of sp³-hybridized carbons (Fsp3) is 0.222. The Kier molecular flexibility index (Phi) is 4.76. The van der Waals surface area contributed by atoms with Crippen LogP contribution in [0.25, 0.3) is 10.2 Å². The van der Waals surface area contributed by atoms with Gasteiger partial charge in [-0.25, -0.2) is 9.37 Å². The highest BCUT2D eigenvalue weighted by Crippen LogP contribution is 2.27. The average Bonchev–Trinajstić information content (AvgIpc) is 2.97. The van der Waals surface area contributed by atoms with E-state index < -0.39 is 0 Å². The molecule has 0 atom stereocenters. The molecule has 0 aliphatic carbocycles. The molecule has 0 fully saturated rings. The number of hydrogen-bond acceptors (Lipinski definition) is 4. The van der Waals surface area contributed by atoms with E-state index in [0.29, 0.717) is 20.9 Å². The van der Waals surface area contributed by atoms with Crippen molar-refractivity contribution in [2.24, 2.45) is 0 Å². The van der Waals surface area contributed by atoms with Crippen molar-refractivity contribution in [1.29, 1.82) is 0 Å². The average molecular weight is 343 g/mol. The number of carbonyl (C=O) groups excluding carboxylic acids is 1. The highest BCUT2D eigenvalue weighted by atomic mass is 32.1. The van der Waals surface area contributed by atoms with Crippen molar-refractivity contribution < 1.29 is 9.18 Å². The van der Waals surface area contributed by atoms with Crippen LogP contribution in [0.5, 0.6) is 0 Å². The molecule has 3 aromatic rings. The quantitative estimate of drug-likeness (QED) is 0.740. The third kappa shape index (κ3) is 3.38. The standard InChI is InChI=1S/C18H18FN3OS/c1-3-22(4-2)14-8-5-12(6-9-14)17(23)21-18-20-15-10-7-13(19)11-16(15)24-18/h5-11H,3-4H2,1-2H3,(H,20,21,23). The van der Waals surface area contributed by atoms with Crippen LogP contribution in [0.4, 0.5) is 15.2 Å². The molecule has 1 aromatic heterocycles. The number of nitrogens with zero attached hydrogens (tertiary/aromatic N) is 2. The summed E-state index contributed by atoms with van der Waals surface area (Å²) in [5.74, 6) is -0.531. The minimum atomic E-state index is -0.309. The van der Waals surface area contributed by atoms with E-state index in [2.05, 4.69) is 29.0 Å². The summed E-state index contributed by atoms with van der Waals surface area (Å²) in [6.45, 7) is 6.04. The summed E-state index contributed by atoms with van der Waals surface area (Å²) in [7, 11) is 0.